The van der Waals surface area contributed by atoms with Crippen LogP contribution in [0.1, 0.15) is 32.1 Å². The maximum absolute atomic E-state index is 12.4. The van der Waals surface area contributed by atoms with Gasteiger partial charge in [-0.25, -0.2) is 9.78 Å². The Balaban J connectivity index is 0.00000187. The Morgan fingerprint density at radius 3 is 2.22 bits per heavy atom. The Hall–Kier alpha value is -3.54. The molecular formula is C20H38N10O6S. The van der Waals surface area contributed by atoms with Gasteiger partial charge in [-0.2, -0.15) is 0 Å². The number of aromatic nitrogens is 1. The van der Waals surface area contributed by atoms with E-state index in [9.17, 15) is 24.3 Å². The molecule has 0 aliphatic heterocycles. The number of aliphatic imine (C=N–C) groups is 1. The molecule has 3 atom stereocenters. The minimum absolute atomic E-state index is 0.0859. The van der Waals surface area contributed by atoms with Crippen molar-refractivity contribution in [1.29, 1.82) is 0 Å². The van der Waals surface area contributed by atoms with Gasteiger partial charge in [-0.05, 0) is 38.6 Å². The van der Waals surface area contributed by atoms with Gasteiger partial charge >= 0.3 is 5.97 Å². The van der Waals surface area contributed by atoms with Crippen molar-refractivity contribution in [2.45, 2.75) is 50.2 Å². The van der Waals surface area contributed by atoms with Gasteiger partial charge in [0.2, 0.25) is 17.7 Å². The summed E-state index contributed by atoms with van der Waals surface area (Å²) in [6, 6.07) is -3.36. The Morgan fingerprint density at radius 1 is 1.05 bits per heavy atom. The molecule has 1 rings (SSSR count). The normalized spacial score (nSPS) is 12.6. The molecule has 0 unspecified atom stereocenters. The topological polar surface area (TPSA) is 300 Å². The summed E-state index contributed by atoms with van der Waals surface area (Å²) in [5.41, 5.74) is 26.4. The smallest absolute Gasteiger partial charge is 0.326 e. The summed E-state index contributed by atoms with van der Waals surface area (Å²) in [4.78, 5) is 55.0. The number of carbonyl (C=O) groups excluding carboxylic acids is 3. The summed E-state index contributed by atoms with van der Waals surface area (Å²) in [6.45, 7) is -0.476. The average molecular weight is 547 g/mol. The van der Waals surface area contributed by atoms with Crippen LogP contribution in [-0.4, -0.2) is 89.2 Å². The third kappa shape index (κ3) is 16.7. The monoisotopic (exact) mass is 546 g/mol. The SMILES string of the molecule is NCCCC[C@H](NC(=O)[C@@H](N)CO)C(=O)NCC(=O)N[C@@H](CCCN=C(N)N)C(=O)O.Nc1nccs1. The Bertz CT molecular complexity index is 851. The second-order valence-electron chi connectivity index (χ2n) is 7.63. The Kier molecular flexibility index (Phi) is 17.7. The number of hydrogen-bond acceptors (Lipinski definition) is 11. The molecule has 3 amide bonds. The lowest BCUT2D eigenvalue weighted by Gasteiger charge is -2.20. The van der Waals surface area contributed by atoms with Crippen molar-refractivity contribution in [1.82, 2.24) is 20.9 Å². The molecule has 0 aliphatic carbocycles. The summed E-state index contributed by atoms with van der Waals surface area (Å²) >= 11 is 1.44. The van der Waals surface area contributed by atoms with Crippen molar-refractivity contribution in [3.05, 3.63) is 11.6 Å². The number of guanidine groups is 1. The first-order chi connectivity index (χ1) is 17.5. The summed E-state index contributed by atoms with van der Waals surface area (Å²) in [5.74, 6) is -3.44. The van der Waals surface area contributed by atoms with Gasteiger partial charge in [-0.15, -0.1) is 11.3 Å². The van der Waals surface area contributed by atoms with Gasteiger partial charge < -0.3 is 54.8 Å². The summed E-state index contributed by atoms with van der Waals surface area (Å²) in [5, 5.41) is 27.7. The number of amides is 3. The van der Waals surface area contributed by atoms with E-state index in [0.717, 1.165) is 0 Å². The standard InChI is InChI=1S/C17H34N8O6.C3H4N2S/c18-6-2-1-4-11(25-14(28)10(19)9-26)15(29)23-8-13(27)24-12(16(30)31)5-3-7-22-17(20)21;4-3-5-1-2-6-3/h10-12,26H,1-9,18-19H2,(H,23,29)(H,24,27)(H,25,28)(H,30,31)(H4,20,21,22);1-2H,(H2,4,5)/t10-,11-,12-;/m0./s1. The lowest BCUT2D eigenvalue weighted by molar-refractivity contribution is -0.142. The molecule has 0 aromatic carbocycles. The molecule has 1 aromatic heterocycles. The van der Waals surface area contributed by atoms with Crippen LogP contribution in [0.3, 0.4) is 0 Å². The molecule has 17 heteroatoms. The van der Waals surface area contributed by atoms with Crippen LogP contribution in [0.2, 0.25) is 0 Å². The van der Waals surface area contributed by atoms with Crippen LogP contribution < -0.4 is 44.6 Å². The molecule has 0 radical (unpaired) electrons. The van der Waals surface area contributed by atoms with E-state index in [1.165, 1.54) is 11.3 Å². The van der Waals surface area contributed by atoms with Crippen LogP contribution in [0.25, 0.3) is 0 Å². The Morgan fingerprint density at radius 2 is 1.73 bits per heavy atom. The highest BCUT2D eigenvalue weighted by atomic mass is 32.1. The van der Waals surface area contributed by atoms with Gasteiger partial charge in [0.1, 0.15) is 18.1 Å². The van der Waals surface area contributed by atoms with Gasteiger partial charge in [-0.3, -0.25) is 19.4 Å². The van der Waals surface area contributed by atoms with Crippen molar-refractivity contribution in [2.75, 3.05) is 32.0 Å². The van der Waals surface area contributed by atoms with Gasteiger partial charge in [0.25, 0.3) is 0 Å². The summed E-state index contributed by atoms with van der Waals surface area (Å²) in [6.07, 6.45) is 3.49. The fraction of sp³-hybridized carbons (Fsp3) is 0.600. The van der Waals surface area contributed by atoms with Crippen LogP contribution in [0.5, 0.6) is 0 Å². The first-order valence-electron chi connectivity index (χ1n) is 11.4. The first kappa shape index (κ1) is 33.5. The third-order valence-corrected chi connectivity index (χ3v) is 5.17. The molecule has 15 N–H and O–H groups in total. The van der Waals surface area contributed by atoms with Crippen molar-refractivity contribution >= 4 is 46.1 Å². The first-order valence-corrected chi connectivity index (χ1v) is 12.3. The summed E-state index contributed by atoms with van der Waals surface area (Å²) in [7, 11) is 0. The number of aliphatic hydroxyl groups excluding tert-OH is 1. The lowest BCUT2D eigenvalue weighted by atomic mass is 10.1. The second kappa shape index (κ2) is 19.6. The van der Waals surface area contributed by atoms with Crippen LogP contribution in [0.4, 0.5) is 5.13 Å². The Labute approximate surface area is 218 Å². The second-order valence-corrected chi connectivity index (χ2v) is 8.56. The van der Waals surface area contributed by atoms with E-state index in [1.54, 1.807) is 6.20 Å². The lowest BCUT2D eigenvalue weighted by Crippen LogP contribution is -2.54. The van der Waals surface area contributed by atoms with Crippen molar-refractivity contribution in [2.24, 2.45) is 27.9 Å². The van der Waals surface area contributed by atoms with E-state index in [4.69, 9.17) is 33.8 Å². The molecule has 0 spiro atoms. The van der Waals surface area contributed by atoms with Gasteiger partial charge in [0.15, 0.2) is 11.1 Å². The fourth-order valence-electron chi connectivity index (χ4n) is 2.65. The molecule has 0 aliphatic rings. The number of thiazole rings is 1. The average Bonchev–Trinajstić information content (AvgIpc) is 3.34. The van der Waals surface area contributed by atoms with Gasteiger partial charge in [0, 0.05) is 18.1 Å². The highest BCUT2D eigenvalue weighted by Gasteiger charge is 2.24. The number of carboxylic acid groups (broad SMARTS) is 1. The van der Waals surface area contributed by atoms with Gasteiger partial charge in [-0.1, -0.05) is 0 Å². The summed E-state index contributed by atoms with van der Waals surface area (Å²) < 4.78 is 0. The molecule has 210 valence electrons. The molecule has 1 heterocycles. The number of carboxylic acids is 1. The highest BCUT2D eigenvalue weighted by Crippen LogP contribution is 2.03. The van der Waals surface area contributed by atoms with E-state index < -0.39 is 55.0 Å². The predicted molar refractivity (Wildman–Crippen MR) is 139 cm³/mol. The number of rotatable bonds is 16. The van der Waals surface area contributed by atoms with E-state index in [0.29, 0.717) is 30.9 Å². The zero-order valence-electron chi connectivity index (χ0n) is 20.5. The van der Waals surface area contributed by atoms with Gasteiger partial charge in [0.05, 0.1) is 13.2 Å². The molecule has 0 saturated carbocycles. The predicted octanol–water partition coefficient (Wildman–Crippen LogP) is -3.62. The number of aliphatic hydroxyl groups is 1. The van der Waals surface area contributed by atoms with Crippen molar-refractivity contribution in [3.8, 4) is 0 Å². The third-order valence-electron chi connectivity index (χ3n) is 4.57. The fourth-order valence-corrected chi connectivity index (χ4v) is 3.04. The number of hydrogen-bond donors (Lipinski definition) is 10. The maximum Gasteiger partial charge on any atom is 0.326 e. The van der Waals surface area contributed by atoms with Crippen LogP contribution in [0, 0.1) is 0 Å². The largest absolute Gasteiger partial charge is 0.480 e. The van der Waals surface area contributed by atoms with Crippen LogP contribution in [0.15, 0.2) is 16.6 Å². The van der Waals surface area contributed by atoms with Crippen molar-refractivity contribution in [3.63, 3.8) is 0 Å². The van der Waals surface area contributed by atoms with E-state index in [2.05, 4.69) is 25.9 Å². The highest BCUT2D eigenvalue weighted by molar-refractivity contribution is 7.13. The molecule has 0 saturated heterocycles. The van der Waals surface area contributed by atoms with Crippen LogP contribution in [-0.2, 0) is 19.2 Å². The molecule has 37 heavy (non-hydrogen) atoms. The molecular weight excluding hydrogens is 508 g/mol. The van der Waals surface area contributed by atoms with Crippen LogP contribution >= 0.6 is 11.3 Å². The zero-order chi connectivity index (χ0) is 28.2. The maximum atomic E-state index is 12.4. The number of nitrogen functional groups attached to an aromatic ring is 1. The number of nitrogens with two attached hydrogens (primary N) is 5. The number of anilines is 1. The number of carbonyl (C=O) groups is 4. The number of unbranched alkanes of at least 4 members (excludes halogenated alkanes) is 1. The molecule has 0 bridgehead atoms. The number of nitrogens with zero attached hydrogens (tertiary/aromatic N) is 2. The van der Waals surface area contributed by atoms with Crippen molar-refractivity contribution < 1.29 is 29.4 Å². The quantitative estimate of drug-likeness (QED) is 0.0546. The number of nitrogens with one attached hydrogen (secondary N) is 3. The number of aliphatic carboxylic acids is 1. The van der Waals surface area contributed by atoms with E-state index in [-0.39, 0.29) is 25.3 Å². The molecule has 16 nitrogen and oxygen atoms in total. The molecule has 1 aromatic rings. The molecule has 0 fully saturated rings. The van der Waals surface area contributed by atoms with E-state index >= 15 is 0 Å². The minimum atomic E-state index is -1.24. The zero-order valence-corrected chi connectivity index (χ0v) is 21.3. The minimum Gasteiger partial charge on any atom is -0.480 e. The van der Waals surface area contributed by atoms with E-state index in [1.807, 2.05) is 5.38 Å².